The van der Waals surface area contributed by atoms with Crippen LogP contribution in [0.3, 0.4) is 0 Å². The van der Waals surface area contributed by atoms with Crippen molar-refractivity contribution in [1.82, 2.24) is 54.2 Å². The highest BCUT2D eigenvalue weighted by Gasteiger charge is 2.55. The number of ether oxygens (including phenoxy) is 6. The van der Waals surface area contributed by atoms with Gasteiger partial charge in [-0.3, -0.25) is 52.1 Å². The molecule has 5 aliphatic rings. The highest BCUT2D eigenvalue weighted by atomic mass is 32.7. The molecule has 4 fully saturated rings. The molecule has 5 aromatic rings. The number of nitrogens with zero attached hydrogens (tertiary/aromatic N) is 10. The average molecular weight is 1360 g/mol. The maximum Gasteiger partial charge on any atom is 0.412 e. The molecule has 0 aliphatic carbocycles. The number of fused-ring (bicyclic) bond motifs is 4. The number of aliphatic hydroxyl groups is 3. The highest BCUT2D eigenvalue weighted by molar-refractivity contribution is 8.44. The molecule has 43 heteroatoms. The Bertz CT molecular complexity index is 3750. The number of hydrogen-bond donors (Lipinski definition) is 10. The Morgan fingerprint density at radius 3 is 2.14 bits per heavy atom. The van der Waals surface area contributed by atoms with Crippen molar-refractivity contribution in [3.63, 3.8) is 0 Å². The van der Waals surface area contributed by atoms with Gasteiger partial charge in [0.15, 0.2) is 59.3 Å². The van der Waals surface area contributed by atoms with Gasteiger partial charge in [-0.05, 0) is 29.5 Å². The van der Waals surface area contributed by atoms with Gasteiger partial charge in [0.05, 0.1) is 38.1 Å². The lowest BCUT2D eigenvalue weighted by Crippen LogP contribution is -2.61. The molecule has 1 aromatic carbocycles. The minimum absolute atomic E-state index is 0.00397. The fraction of sp³-hybridized carbons (Fsp3) is 0.479. The van der Waals surface area contributed by atoms with Crippen LogP contribution in [0.15, 0.2) is 55.7 Å². The molecule has 0 spiro atoms. The molecule has 0 saturated carbocycles. The third-order valence-corrected chi connectivity index (χ3v) is 17.4. The standard InChI is InChI=1S/C48H54F2N14O23P2S2/c1-61(48(75)79-13-20-2-3-22(84-46-35(71)33(69)34(70)38(85-46)45(72)73)21(12-20)59-26(66)6-8-52-25(65)7-9-62-27(67)4-5-28(62)68)10-11-78-47(74)60-40-32-42(56-17-54-40)64(19-58-32)44-30(50)37-24(83-44)15-81-88(76,90)86-36-23(14-80-89(77,91)87-37)82-43(29(36)49)63-18-57-31-39(51)53-16-55-41(31)63/h2-5,12,16-19,23-24,29-30,33-38,43-44,46,69-71H,6-11,13-15H2,1H3,(H,52,65)(H,59,66)(H,72,73)(H,76,90)(H,77,91)(H2,51,53,55)(H,54,56,60,74)/t23?,24-,29-,30-,33+,34+,35-,36-,37-,38+,43-,44-,46-,88?,89?/m1/s1. The number of aliphatic carboxylic acids is 1. The van der Waals surface area contributed by atoms with Crippen LogP contribution in [0.25, 0.3) is 22.3 Å². The molecule has 0 radical (unpaired) electrons. The van der Waals surface area contributed by atoms with Crippen molar-refractivity contribution < 1.29 is 119 Å². The van der Waals surface area contributed by atoms with Gasteiger partial charge >= 0.3 is 31.7 Å². The van der Waals surface area contributed by atoms with Gasteiger partial charge in [-0.25, -0.2) is 57.6 Å². The summed E-state index contributed by atoms with van der Waals surface area (Å²) in [5, 5.41) is 48.0. The number of amides is 6. The van der Waals surface area contributed by atoms with E-state index in [-0.39, 0.29) is 83.4 Å². The van der Waals surface area contributed by atoms with Crippen LogP contribution in [0, 0.1) is 0 Å². The number of hydrogen-bond acceptors (Lipinski definition) is 29. The van der Waals surface area contributed by atoms with Gasteiger partial charge in [0.25, 0.3) is 11.8 Å². The lowest BCUT2D eigenvalue weighted by atomic mass is 9.99. The molecular weight excluding hydrogens is 1300 g/mol. The van der Waals surface area contributed by atoms with Crippen LogP contribution in [0.1, 0.15) is 30.9 Å². The Morgan fingerprint density at radius 1 is 0.824 bits per heavy atom. The largest absolute Gasteiger partial charge is 0.479 e. The van der Waals surface area contributed by atoms with Crippen LogP contribution < -0.4 is 26.4 Å². The minimum Gasteiger partial charge on any atom is -0.479 e. The Labute approximate surface area is 519 Å². The van der Waals surface area contributed by atoms with Gasteiger partial charge in [0, 0.05) is 45.1 Å². The number of benzene rings is 1. The third-order valence-electron chi connectivity index (χ3n) is 14.2. The number of aliphatic hydroxyl groups excluding tert-OH is 3. The normalized spacial score (nSPS) is 30.0. The molecule has 10 N–H and O–H groups in total. The third kappa shape index (κ3) is 15.0. The van der Waals surface area contributed by atoms with Gasteiger partial charge in [0.2, 0.25) is 18.1 Å². The summed E-state index contributed by atoms with van der Waals surface area (Å²) in [6.45, 7) is -12.2. The van der Waals surface area contributed by atoms with Crippen molar-refractivity contribution in [3.05, 3.63) is 61.2 Å². The van der Waals surface area contributed by atoms with E-state index in [4.69, 9.17) is 64.1 Å². The molecule has 37 nitrogen and oxygen atoms in total. The predicted octanol–water partition coefficient (Wildman–Crippen LogP) is -0.361. The van der Waals surface area contributed by atoms with Gasteiger partial charge in [-0.15, -0.1) is 0 Å². The fourth-order valence-corrected chi connectivity index (χ4v) is 12.5. The summed E-state index contributed by atoms with van der Waals surface area (Å²) in [5.41, 5.74) is 5.90. The van der Waals surface area contributed by atoms with Crippen LogP contribution >= 0.6 is 25.8 Å². The quantitative estimate of drug-likeness (QED) is 0.0304. The maximum absolute atomic E-state index is 16.7. The fourth-order valence-electron chi connectivity index (χ4n) is 9.62. The van der Waals surface area contributed by atoms with Crippen molar-refractivity contribution in [1.29, 1.82) is 0 Å². The number of likely N-dealkylation sites (N-methyl/N-ethyl adjacent to an activating group) is 1. The summed E-state index contributed by atoms with van der Waals surface area (Å²) >= 11 is 9.27. The van der Waals surface area contributed by atoms with Gasteiger partial charge in [-0.1, -0.05) is 18.3 Å². The maximum atomic E-state index is 16.7. The molecule has 10 rings (SSSR count). The Hall–Kier alpha value is -7.60. The van der Waals surface area contributed by atoms with Gasteiger partial charge in [-0.2, -0.15) is 0 Å². The predicted molar refractivity (Wildman–Crippen MR) is 303 cm³/mol. The van der Waals surface area contributed by atoms with Gasteiger partial charge < -0.3 is 79.5 Å². The van der Waals surface area contributed by atoms with Crippen LogP contribution in [0.4, 0.5) is 35.7 Å². The number of thiol groups is 1. The topological polar surface area (TPSA) is 486 Å². The van der Waals surface area contributed by atoms with Crippen molar-refractivity contribution in [3.8, 4) is 5.75 Å². The monoisotopic (exact) mass is 1360 g/mol. The molecular formula is C48H54F2N14O23P2S2. The number of carbonyl (C=O) groups is 7. The summed E-state index contributed by atoms with van der Waals surface area (Å²) in [4.78, 5) is 125. The van der Waals surface area contributed by atoms with Crippen molar-refractivity contribution >= 4 is 119 Å². The van der Waals surface area contributed by atoms with E-state index in [1.54, 1.807) is 0 Å². The van der Waals surface area contributed by atoms with E-state index in [1.165, 1.54) is 36.1 Å². The molecule has 3 unspecified atom stereocenters. The van der Waals surface area contributed by atoms with E-state index < -0.39 is 162 Å². The highest BCUT2D eigenvalue weighted by Crippen LogP contribution is 2.59. The van der Waals surface area contributed by atoms with Crippen molar-refractivity contribution in [2.24, 2.45) is 0 Å². The Morgan fingerprint density at radius 2 is 1.46 bits per heavy atom. The second-order valence-electron chi connectivity index (χ2n) is 20.3. The molecule has 490 valence electrons. The average Bonchev–Trinajstić information content (AvgIpc) is 1.69. The zero-order valence-corrected chi connectivity index (χ0v) is 50.2. The number of anilines is 3. The first-order valence-corrected chi connectivity index (χ1v) is 32.2. The molecule has 9 heterocycles. The molecule has 91 heavy (non-hydrogen) atoms. The number of carboxylic acid groups (broad SMARTS) is 1. The van der Waals surface area contributed by atoms with Crippen LogP contribution in [0.2, 0.25) is 0 Å². The number of rotatable bonds is 18. The molecule has 15 atom stereocenters. The summed E-state index contributed by atoms with van der Waals surface area (Å²) in [5.74, 6) is -4.70. The number of halogens is 2. The van der Waals surface area contributed by atoms with E-state index in [0.717, 1.165) is 45.5 Å². The smallest absolute Gasteiger partial charge is 0.412 e. The van der Waals surface area contributed by atoms with E-state index in [2.05, 4.69) is 58.1 Å². The zero-order valence-electron chi connectivity index (χ0n) is 46.7. The number of nitrogens with two attached hydrogens (primary N) is 1. The number of carbonyl (C=O) groups excluding carboxylic acids is 6. The first-order chi connectivity index (χ1) is 43.3. The number of nitrogen functional groups attached to an aromatic ring is 1. The molecule has 0 bridgehead atoms. The Kier molecular flexibility index (Phi) is 20.2. The number of aromatic nitrogens is 8. The number of alkyl halides is 2. The molecule has 4 saturated heterocycles. The molecule has 6 amide bonds. The lowest BCUT2D eigenvalue weighted by Gasteiger charge is -2.38. The van der Waals surface area contributed by atoms with E-state index >= 15 is 8.78 Å². The van der Waals surface area contributed by atoms with Crippen molar-refractivity contribution in [2.75, 3.05) is 62.9 Å². The second kappa shape index (κ2) is 27.7. The number of imidazole rings is 2. The number of carboxylic acids is 1. The van der Waals surface area contributed by atoms with E-state index in [0.29, 0.717) is 0 Å². The first-order valence-electron chi connectivity index (χ1n) is 26.9. The van der Waals surface area contributed by atoms with Crippen LogP contribution in [-0.2, 0) is 88.7 Å². The van der Waals surface area contributed by atoms with Crippen LogP contribution in [-0.4, -0.2) is 230 Å². The van der Waals surface area contributed by atoms with Gasteiger partial charge in [0.1, 0.15) is 79.9 Å². The summed E-state index contributed by atoms with van der Waals surface area (Å²) in [7, 11) is 1.30. The Balaban J connectivity index is 0.725. The van der Waals surface area contributed by atoms with E-state index in [1.807, 2.05) is 0 Å². The molecule has 4 aromatic heterocycles. The minimum atomic E-state index is -4.60. The van der Waals surface area contributed by atoms with Crippen LogP contribution in [0.5, 0.6) is 5.75 Å². The second-order valence-corrected chi connectivity index (χ2v) is 26.0. The summed E-state index contributed by atoms with van der Waals surface area (Å²) in [6.07, 6.45) is -20.3. The number of imide groups is 1. The zero-order chi connectivity index (χ0) is 65.2. The lowest BCUT2D eigenvalue weighted by molar-refractivity contribution is -0.271. The summed E-state index contributed by atoms with van der Waals surface area (Å²) in [6, 6.07) is 3.82. The first kappa shape index (κ1) is 66.3. The number of nitrogens with one attached hydrogen (secondary N) is 3. The van der Waals surface area contributed by atoms with E-state index in [9.17, 15) is 63.4 Å². The van der Waals surface area contributed by atoms with Crippen molar-refractivity contribution in [2.45, 2.75) is 99.4 Å². The molecule has 5 aliphatic heterocycles. The summed E-state index contributed by atoms with van der Waals surface area (Å²) < 4.78 is 105. The SMILES string of the molecule is CN(CCOC(=O)Nc1ncnc2c1ncn2[C@@H]1O[C@@H]2COP(O)(=S)O[C@@H]3C(COP(=O)(S)O[C@H]2[C@H]1F)O[C@@H](n1cnc2c(N)ncnc21)[C@@H]3F)C(=O)OCc1ccc(O[C@@H]2O[C@H](C(=O)O)[C@@H](O)[C@H](O)[C@H]2O)c(NC(=O)CCNC(=O)CCN2C(=O)C=CC2=O)c1.